The number of benzene rings is 1. The molecule has 0 aliphatic heterocycles. The second-order valence-electron chi connectivity index (χ2n) is 5.22. The van der Waals surface area contributed by atoms with E-state index in [1.807, 2.05) is 13.8 Å². The van der Waals surface area contributed by atoms with Crippen LogP contribution in [0.3, 0.4) is 0 Å². The third-order valence-corrected chi connectivity index (χ3v) is 3.06. The lowest BCUT2D eigenvalue weighted by Gasteiger charge is -2.27. The number of carbonyl (C=O) groups is 1. The quantitative estimate of drug-likeness (QED) is 0.760. The number of rotatable bonds is 6. The van der Waals surface area contributed by atoms with Crippen molar-refractivity contribution < 1.29 is 9.18 Å². The highest BCUT2D eigenvalue weighted by molar-refractivity contribution is 5.74. The van der Waals surface area contributed by atoms with Crippen molar-refractivity contribution in [3.63, 3.8) is 0 Å². The van der Waals surface area contributed by atoms with Crippen LogP contribution in [0.25, 0.3) is 0 Å². The van der Waals surface area contributed by atoms with E-state index in [0.717, 1.165) is 24.8 Å². The van der Waals surface area contributed by atoms with Gasteiger partial charge in [0.05, 0.1) is 5.54 Å². The van der Waals surface area contributed by atoms with Crippen LogP contribution in [0.5, 0.6) is 0 Å². The summed E-state index contributed by atoms with van der Waals surface area (Å²) >= 11 is 0. The van der Waals surface area contributed by atoms with Crippen LogP contribution in [0.1, 0.15) is 45.6 Å². The molecule has 1 aromatic rings. The van der Waals surface area contributed by atoms with Crippen LogP contribution in [-0.4, -0.2) is 12.6 Å². The average Bonchev–Trinajstić information content (AvgIpc) is 2.34. The van der Waals surface area contributed by atoms with Crippen LogP contribution in [0, 0.1) is 5.82 Å². The SMILES string of the molecule is CCCCCNC(=O)NC(C)(C)c1ccc(F)cc1. The van der Waals surface area contributed by atoms with E-state index in [4.69, 9.17) is 0 Å². The van der Waals surface area contributed by atoms with Gasteiger partial charge in [-0.2, -0.15) is 0 Å². The highest BCUT2D eigenvalue weighted by atomic mass is 19.1. The summed E-state index contributed by atoms with van der Waals surface area (Å²) in [4.78, 5) is 11.8. The first-order chi connectivity index (χ1) is 8.95. The Balaban J connectivity index is 2.49. The van der Waals surface area contributed by atoms with E-state index in [9.17, 15) is 9.18 Å². The number of amides is 2. The van der Waals surface area contributed by atoms with Crippen molar-refractivity contribution >= 4 is 6.03 Å². The average molecular weight is 266 g/mol. The summed E-state index contributed by atoms with van der Waals surface area (Å²) < 4.78 is 12.9. The van der Waals surface area contributed by atoms with Gasteiger partial charge in [0.1, 0.15) is 5.82 Å². The van der Waals surface area contributed by atoms with Crippen molar-refractivity contribution in [2.45, 2.75) is 45.6 Å². The summed E-state index contributed by atoms with van der Waals surface area (Å²) in [5.74, 6) is -0.274. The Morgan fingerprint density at radius 2 is 1.84 bits per heavy atom. The predicted molar refractivity (Wildman–Crippen MR) is 75.5 cm³/mol. The van der Waals surface area contributed by atoms with E-state index in [1.165, 1.54) is 12.1 Å². The molecule has 0 radical (unpaired) electrons. The highest BCUT2D eigenvalue weighted by Gasteiger charge is 2.22. The highest BCUT2D eigenvalue weighted by Crippen LogP contribution is 2.19. The van der Waals surface area contributed by atoms with Crippen molar-refractivity contribution in [3.05, 3.63) is 35.6 Å². The molecule has 3 nitrogen and oxygen atoms in total. The molecule has 2 N–H and O–H groups in total. The van der Waals surface area contributed by atoms with Gasteiger partial charge in [0.25, 0.3) is 0 Å². The number of halogens is 1. The van der Waals surface area contributed by atoms with Gasteiger partial charge in [0.15, 0.2) is 0 Å². The minimum atomic E-state index is -0.525. The Hall–Kier alpha value is -1.58. The number of hydrogen-bond acceptors (Lipinski definition) is 1. The maximum Gasteiger partial charge on any atom is 0.315 e. The fraction of sp³-hybridized carbons (Fsp3) is 0.533. The van der Waals surface area contributed by atoms with Crippen molar-refractivity contribution in [3.8, 4) is 0 Å². The number of carbonyl (C=O) groups excluding carboxylic acids is 1. The second kappa shape index (κ2) is 7.12. The van der Waals surface area contributed by atoms with E-state index in [0.29, 0.717) is 6.54 Å². The molecule has 0 unspecified atom stereocenters. The Morgan fingerprint density at radius 1 is 1.21 bits per heavy atom. The molecule has 19 heavy (non-hydrogen) atoms. The first kappa shape index (κ1) is 15.5. The standard InChI is InChI=1S/C15H23FN2O/c1-4-5-6-11-17-14(19)18-15(2,3)12-7-9-13(16)10-8-12/h7-10H,4-6,11H2,1-3H3,(H2,17,18,19). The maximum atomic E-state index is 12.9. The topological polar surface area (TPSA) is 41.1 Å². The number of hydrogen-bond donors (Lipinski definition) is 2. The van der Waals surface area contributed by atoms with Crippen molar-refractivity contribution in [2.24, 2.45) is 0 Å². The minimum absolute atomic E-state index is 0.189. The molecule has 0 aromatic heterocycles. The van der Waals surface area contributed by atoms with Gasteiger partial charge in [-0.25, -0.2) is 9.18 Å². The summed E-state index contributed by atoms with van der Waals surface area (Å²) in [7, 11) is 0. The molecular weight excluding hydrogens is 243 g/mol. The van der Waals surface area contributed by atoms with Gasteiger partial charge >= 0.3 is 6.03 Å². The summed E-state index contributed by atoms with van der Waals surface area (Å²) in [6.07, 6.45) is 3.23. The molecule has 0 atom stereocenters. The normalized spacial score (nSPS) is 11.2. The molecule has 0 heterocycles. The molecule has 0 fully saturated rings. The van der Waals surface area contributed by atoms with Crippen LogP contribution in [-0.2, 0) is 5.54 Å². The van der Waals surface area contributed by atoms with Crippen LogP contribution in [0.4, 0.5) is 9.18 Å². The van der Waals surface area contributed by atoms with Crippen molar-refractivity contribution in [1.82, 2.24) is 10.6 Å². The minimum Gasteiger partial charge on any atom is -0.338 e. The van der Waals surface area contributed by atoms with Crippen LogP contribution in [0.15, 0.2) is 24.3 Å². The lowest BCUT2D eigenvalue weighted by atomic mass is 9.94. The van der Waals surface area contributed by atoms with E-state index < -0.39 is 5.54 Å². The van der Waals surface area contributed by atoms with Crippen LogP contribution in [0.2, 0.25) is 0 Å². The molecular formula is C15H23FN2O. The molecule has 0 saturated carbocycles. The largest absolute Gasteiger partial charge is 0.338 e. The zero-order chi connectivity index (χ0) is 14.3. The molecule has 4 heteroatoms. The zero-order valence-electron chi connectivity index (χ0n) is 11.9. The van der Waals surface area contributed by atoms with Gasteiger partial charge in [-0.1, -0.05) is 31.9 Å². The third kappa shape index (κ3) is 5.28. The molecule has 0 bridgehead atoms. The summed E-state index contributed by atoms with van der Waals surface area (Å²) in [5.41, 5.74) is 0.348. The van der Waals surface area contributed by atoms with E-state index in [-0.39, 0.29) is 11.8 Å². The lowest BCUT2D eigenvalue weighted by molar-refractivity contribution is 0.230. The second-order valence-corrected chi connectivity index (χ2v) is 5.22. The van der Waals surface area contributed by atoms with Crippen LogP contribution < -0.4 is 10.6 Å². The van der Waals surface area contributed by atoms with Gasteiger partial charge in [0.2, 0.25) is 0 Å². The van der Waals surface area contributed by atoms with E-state index in [2.05, 4.69) is 17.6 Å². The number of urea groups is 1. The monoisotopic (exact) mass is 266 g/mol. The van der Waals surface area contributed by atoms with Gasteiger partial charge in [0, 0.05) is 6.54 Å². The van der Waals surface area contributed by atoms with Crippen LogP contribution >= 0.6 is 0 Å². The maximum absolute atomic E-state index is 12.9. The summed E-state index contributed by atoms with van der Waals surface area (Å²) in [5, 5.41) is 5.73. The lowest BCUT2D eigenvalue weighted by Crippen LogP contribution is -2.46. The fourth-order valence-corrected chi connectivity index (χ4v) is 1.84. The number of unbranched alkanes of at least 4 members (excludes halogenated alkanes) is 2. The molecule has 106 valence electrons. The molecule has 0 saturated heterocycles. The van der Waals surface area contributed by atoms with Gasteiger partial charge in [-0.3, -0.25) is 0 Å². The molecule has 1 rings (SSSR count). The predicted octanol–water partition coefficient (Wildman–Crippen LogP) is 3.55. The first-order valence-corrected chi connectivity index (χ1v) is 6.78. The first-order valence-electron chi connectivity index (χ1n) is 6.78. The third-order valence-electron chi connectivity index (χ3n) is 3.06. The van der Waals surface area contributed by atoms with E-state index in [1.54, 1.807) is 12.1 Å². The Kier molecular flexibility index (Phi) is 5.80. The zero-order valence-corrected chi connectivity index (χ0v) is 11.9. The molecule has 0 spiro atoms. The Labute approximate surface area is 114 Å². The van der Waals surface area contributed by atoms with Crippen molar-refractivity contribution in [2.75, 3.05) is 6.54 Å². The molecule has 2 amide bonds. The Bertz CT molecular complexity index is 401. The Morgan fingerprint density at radius 3 is 2.42 bits per heavy atom. The fourth-order valence-electron chi connectivity index (χ4n) is 1.84. The molecule has 0 aliphatic carbocycles. The van der Waals surface area contributed by atoms with Gasteiger partial charge in [-0.15, -0.1) is 0 Å². The van der Waals surface area contributed by atoms with Crippen molar-refractivity contribution in [1.29, 1.82) is 0 Å². The number of nitrogens with one attached hydrogen (secondary N) is 2. The molecule has 0 aliphatic rings. The van der Waals surface area contributed by atoms with E-state index >= 15 is 0 Å². The molecule has 1 aromatic carbocycles. The summed E-state index contributed by atoms with van der Waals surface area (Å²) in [6, 6.07) is 5.99. The van der Waals surface area contributed by atoms with Gasteiger partial charge < -0.3 is 10.6 Å². The van der Waals surface area contributed by atoms with Gasteiger partial charge in [-0.05, 0) is 38.0 Å². The summed E-state index contributed by atoms with van der Waals surface area (Å²) in [6.45, 7) is 6.59. The smallest absolute Gasteiger partial charge is 0.315 e.